The van der Waals surface area contributed by atoms with Crippen LogP contribution in [0.25, 0.3) is 10.8 Å². The van der Waals surface area contributed by atoms with E-state index in [4.69, 9.17) is 4.74 Å². The molecule has 0 bridgehead atoms. The molecule has 0 amide bonds. The zero-order valence-electron chi connectivity index (χ0n) is 13.1. The summed E-state index contributed by atoms with van der Waals surface area (Å²) in [5, 5.41) is 5.57. The molecule has 0 heterocycles. The van der Waals surface area contributed by atoms with Gasteiger partial charge < -0.3 is 10.1 Å². The van der Waals surface area contributed by atoms with E-state index in [0.29, 0.717) is 0 Å². The fourth-order valence-electron chi connectivity index (χ4n) is 2.70. The van der Waals surface area contributed by atoms with Gasteiger partial charge in [0.25, 0.3) is 0 Å². The molecular formula is C20H20BrNO. The molecule has 0 saturated carbocycles. The first-order valence-electron chi connectivity index (χ1n) is 7.82. The number of nitrogens with one attached hydrogen (secondary N) is 1. The third-order valence-corrected chi connectivity index (χ3v) is 4.45. The zero-order valence-corrected chi connectivity index (χ0v) is 14.7. The van der Waals surface area contributed by atoms with Gasteiger partial charge in [0.2, 0.25) is 0 Å². The Morgan fingerprint density at radius 3 is 2.48 bits per heavy atom. The lowest BCUT2D eigenvalue weighted by molar-refractivity contribution is 0.197. The smallest absolute Gasteiger partial charge is 0.128 e. The summed E-state index contributed by atoms with van der Waals surface area (Å²) in [7, 11) is 1.97. The van der Waals surface area contributed by atoms with E-state index in [-0.39, 0.29) is 6.10 Å². The van der Waals surface area contributed by atoms with Crippen LogP contribution in [0.5, 0.6) is 5.75 Å². The maximum Gasteiger partial charge on any atom is 0.128 e. The van der Waals surface area contributed by atoms with E-state index in [0.717, 1.165) is 28.6 Å². The Balaban J connectivity index is 1.92. The number of fused-ring (bicyclic) bond motifs is 1. The summed E-state index contributed by atoms with van der Waals surface area (Å²) in [6.07, 6.45) is 0.947. The first-order valence-corrected chi connectivity index (χ1v) is 8.62. The minimum atomic E-state index is 0.0290. The van der Waals surface area contributed by atoms with Crippen molar-refractivity contribution < 1.29 is 4.74 Å². The summed E-state index contributed by atoms with van der Waals surface area (Å²) in [6.45, 7) is 0.908. The van der Waals surface area contributed by atoms with E-state index in [1.165, 1.54) is 10.9 Å². The molecule has 118 valence electrons. The number of benzene rings is 3. The number of hydrogen-bond acceptors (Lipinski definition) is 2. The topological polar surface area (TPSA) is 21.3 Å². The summed E-state index contributed by atoms with van der Waals surface area (Å²) < 4.78 is 7.48. The standard InChI is InChI=1S/C20H20BrNO/c1-22-14-13-19(16-9-11-17(21)12-10-16)23-20-8-4-6-15-5-2-3-7-18(15)20/h2-12,19,22H,13-14H2,1H3. The lowest BCUT2D eigenvalue weighted by Crippen LogP contribution is -2.16. The quantitative estimate of drug-likeness (QED) is 0.633. The van der Waals surface area contributed by atoms with Gasteiger partial charge >= 0.3 is 0 Å². The van der Waals surface area contributed by atoms with Gasteiger partial charge in [-0.2, -0.15) is 0 Å². The van der Waals surface area contributed by atoms with Gasteiger partial charge in [-0.1, -0.05) is 64.5 Å². The first-order chi connectivity index (χ1) is 11.3. The normalized spacial score (nSPS) is 12.3. The molecule has 0 aromatic heterocycles. The molecule has 0 aliphatic rings. The third kappa shape index (κ3) is 3.92. The molecule has 0 aliphatic heterocycles. The number of halogens is 1. The van der Waals surface area contributed by atoms with Crippen molar-refractivity contribution in [1.29, 1.82) is 0 Å². The molecule has 3 aromatic carbocycles. The van der Waals surface area contributed by atoms with Crippen LogP contribution >= 0.6 is 15.9 Å². The van der Waals surface area contributed by atoms with Crippen molar-refractivity contribution in [2.24, 2.45) is 0 Å². The van der Waals surface area contributed by atoms with Gasteiger partial charge in [-0.3, -0.25) is 0 Å². The highest BCUT2D eigenvalue weighted by Crippen LogP contribution is 2.31. The average molecular weight is 370 g/mol. The maximum absolute atomic E-state index is 6.40. The van der Waals surface area contributed by atoms with E-state index in [9.17, 15) is 0 Å². The highest BCUT2D eigenvalue weighted by Gasteiger charge is 2.14. The van der Waals surface area contributed by atoms with E-state index in [1.807, 2.05) is 19.2 Å². The molecular weight excluding hydrogens is 350 g/mol. The molecule has 3 heteroatoms. The van der Waals surface area contributed by atoms with Crippen molar-refractivity contribution in [3.05, 3.63) is 76.8 Å². The van der Waals surface area contributed by atoms with Gasteiger partial charge in [0, 0.05) is 16.3 Å². The van der Waals surface area contributed by atoms with Gasteiger partial charge in [-0.25, -0.2) is 0 Å². The van der Waals surface area contributed by atoms with Crippen molar-refractivity contribution in [3.63, 3.8) is 0 Å². The van der Waals surface area contributed by atoms with Crippen molar-refractivity contribution in [1.82, 2.24) is 5.32 Å². The van der Waals surface area contributed by atoms with Crippen molar-refractivity contribution in [2.45, 2.75) is 12.5 Å². The van der Waals surface area contributed by atoms with Crippen LogP contribution in [0.4, 0.5) is 0 Å². The summed E-state index contributed by atoms with van der Waals surface area (Å²) in [4.78, 5) is 0. The van der Waals surface area contributed by atoms with Crippen LogP contribution in [0.3, 0.4) is 0 Å². The molecule has 1 atom stereocenters. The summed E-state index contributed by atoms with van der Waals surface area (Å²) in [5.74, 6) is 0.937. The largest absolute Gasteiger partial charge is 0.485 e. The number of hydrogen-bond donors (Lipinski definition) is 1. The molecule has 0 fully saturated rings. The van der Waals surface area contributed by atoms with Gasteiger partial charge in [-0.15, -0.1) is 0 Å². The van der Waals surface area contributed by atoms with Gasteiger partial charge in [-0.05, 0) is 42.7 Å². The van der Waals surface area contributed by atoms with E-state index >= 15 is 0 Å². The first kappa shape index (κ1) is 16.0. The molecule has 0 saturated heterocycles. The number of ether oxygens (including phenoxy) is 1. The van der Waals surface area contributed by atoms with Crippen LogP contribution < -0.4 is 10.1 Å². The highest BCUT2D eigenvalue weighted by molar-refractivity contribution is 9.10. The fraction of sp³-hybridized carbons (Fsp3) is 0.200. The predicted molar refractivity (Wildman–Crippen MR) is 100 cm³/mol. The van der Waals surface area contributed by atoms with Crippen molar-refractivity contribution >= 4 is 26.7 Å². The average Bonchev–Trinajstić information content (AvgIpc) is 2.59. The third-order valence-electron chi connectivity index (χ3n) is 3.92. The monoisotopic (exact) mass is 369 g/mol. The van der Waals surface area contributed by atoms with E-state index < -0.39 is 0 Å². The number of rotatable bonds is 6. The molecule has 3 aromatic rings. The van der Waals surface area contributed by atoms with Gasteiger partial charge in [0.15, 0.2) is 0 Å². The molecule has 2 nitrogen and oxygen atoms in total. The predicted octanol–water partition coefficient (Wildman–Crippen LogP) is 5.33. The Labute approximate surface area is 145 Å². The Kier molecular flexibility index (Phi) is 5.31. The summed E-state index contributed by atoms with van der Waals surface area (Å²) in [6, 6.07) is 22.9. The summed E-state index contributed by atoms with van der Waals surface area (Å²) in [5.41, 5.74) is 1.19. The van der Waals surface area contributed by atoms with Crippen molar-refractivity contribution in [2.75, 3.05) is 13.6 Å². The Morgan fingerprint density at radius 1 is 0.957 bits per heavy atom. The van der Waals surface area contributed by atoms with E-state index in [2.05, 4.69) is 75.8 Å². The van der Waals surface area contributed by atoms with Crippen LogP contribution in [0, 0.1) is 0 Å². The molecule has 1 unspecified atom stereocenters. The van der Waals surface area contributed by atoms with Gasteiger partial charge in [0.1, 0.15) is 11.9 Å². The fourth-order valence-corrected chi connectivity index (χ4v) is 2.96. The molecule has 23 heavy (non-hydrogen) atoms. The van der Waals surface area contributed by atoms with Crippen LogP contribution in [-0.2, 0) is 0 Å². The van der Waals surface area contributed by atoms with Crippen LogP contribution in [-0.4, -0.2) is 13.6 Å². The zero-order chi connectivity index (χ0) is 16.1. The SMILES string of the molecule is CNCCC(Oc1cccc2ccccc12)c1ccc(Br)cc1. The molecule has 0 radical (unpaired) electrons. The van der Waals surface area contributed by atoms with E-state index in [1.54, 1.807) is 0 Å². The second-order valence-corrected chi connectivity index (χ2v) is 6.44. The highest BCUT2D eigenvalue weighted by atomic mass is 79.9. The van der Waals surface area contributed by atoms with Crippen LogP contribution in [0.1, 0.15) is 18.1 Å². The summed E-state index contributed by atoms with van der Waals surface area (Å²) >= 11 is 3.49. The Bertz CT molecular complexity index is 765. The molecule has 1 N–H and O–H groups in total. The van der Waals surface area contributed by atoms with Crippen LogP contribution in [0.15, 0.2) is 71.2 Å². The lowest BCUT2D eigenvalue weighted by atomic mass is 10.1. The maximum atomic E-state index is 6.40. The minimum absolute atomic E-state index is 0.0290. The molecule has 0 spiro atoms. The van der Waals surface area contributed by atoms with Crippen molar-refractivity contribution in [3.8, 4) is 5.75 Å². The second-order valence-electron chi connectivity index (χ2n) is 5.53. The van der Waals surface area contributed by atoms with Gasteiger partial charge in [0.05, 0.1) is 0 Å². The lowest BCUT2D eigenvalue weighted by Gasteiger charge is -2.21. The second kappa shape index (κ2) is 7.62. The van der Waals surface area contributed by atoms with Crippen LogP contribution in [0.2, 0.25) is 0 Å². The Hall–Kier alpha value is -1.84. The molecule has 0 aliphatic carbocycles. The minimum Gasteiger partial charge on any atom is -0.485 e. The molecule has 3 rings (SSSR count). The Morgan fingerprint density at radius 2 is 1.70 bits per heavy atom.